The molecule has 0 radical (unpaired) electrons. The summed E-state index contributed by atoms with van der Waals surface area (Å²) in [6.45, 7) is 8.28. The van der Waals surface area contributed by atoms with Crippen molar-refractivity contribution in [1.82, 2.24) is 10.6 Å². The second-order valence-corrected chi connectivity index (χ2v) is 5.99. The molecular weight excluding hydrogens is 282 g/mol. The quantitative estimate of drug-likeness (QED) is 0.302. The average molecular weight is 309 g/mol. The van der Waals surface area contributed by atoms with Crippen LogP contribution >= 0.6 is 11.8 Å². The van der Waals surface area contributed by atoms with Gasteiger partial charge in [-0.2, -0.15) is 11.8 Å². The highest BCUT2D eigenvalue weighted by Crippen LogP contribution is 2.00. The van der Waals surface area contributed by atoms with Gasteiger partial charge in [-0.05, 0) is 43.9 Å². The van der Waals surface area contributed by atoms with Crippen LogP contribution in [-0.2, 0) is 6.42 Å². The zero-order valence-corrected chi connectivity index (χ0v) is 14.0. The summed E-state index contributed by atoms with van der Waals surface area (Å²) in [4.78, 5) is 4.52. The lowest BCUT2D eigenvalue weighted by Gasteiger charge is -2.12. The van der Waals surface area contributed by atoms with Crippen molar-refractivity contribution < 1.29 is 4.42 Å². The van der Waals surface area contributed by atoms with E-state index in [1.165, 1.54) is 12.2 Å². The summed E-state index contributed by atoms with van der Waals surface area (Å²) in [5, 5.41) is 6.71. The largest absolute Gasteiger partial charge is 0.469 e. The first-order chi connectivity index (χ1) is 10.2. The molecule has 0 amide bonds. The summed E-state index contributed by atoms with van der Waals surface area (Å²) in [5.41, 5.74) is 1.06. The van der Waals surface area contributed by atoms with Crippen LogP contribution in [0.5, 0.6) is 0 Å². The smallest absolute Gasteiger partial charge is 0.191 e. The highest BCUT2D eigenvalue weighted by Gasteiger charge is 2.00. The van der Waals surface area contributed by atoms with E-state index in [0.717, 1.165) is 43.2 Å². The molecule has 0 spiro atoms. The Kier molecular flexibility index (Phi) is 9.53. The maximum Gasteiger partial charge on any atom is 0.191 e. The Morgan fingerprint density at radius 1 is 1.33 bits per heavy atom. The summed E-state index contributed by atoms with van der Waals surface area (Å²) in [5.74, 6) is 3.06. The number of nitrogens with zero attached hydrogens (tertiary/aromatic N) is 1. The fourth-order valence-corrected chi connectivity index (χ4v) is 2.22. The Labute approximate surface area is 132 Å². The number of guanidine groups is 1. The van der Waals surface area contributed by atoms with Crippen molar-refractivity contribution in [2.45, 2.75) is 26.2 Å². The summed E-state index contributed by atoms with van der Waals surface area (Å²) in [7, 11) is 0. The van der Waals surface area contributed by atoms with Gasteiger partial charge in [0.25, 0.3) is 0 Å². The average Bonchev–Trinajstić information content (AvgIpc) is 2.97. The van der Waals surface area contributed by atoms with E-state index in [4.69, 9.17) is 4.42 Å². The summed E-state index contributed by atoms with van der Waals surface area (Å²) < 4.78 is 5.32. The first-order valence-electron chi connectivity index (χ1n) is 7.40. The molecule has 0 fully saturated rings. The van der Waals surface area contributed by atoms with E-state index in [-0.39, 0.29) is 0 Å². The Hall–Kier alpha value is -1.36. The summed E-state index contributed by atoms with van der Waals surface area (Å²) in [6, 6.07) is 3.90. The minimum Gasteiger partial charge on any atom is -0.469 e. The topological polar surface area (TPSA) is 49.6 Å². The van der Waals surface area contributed by atoms with Gasteiger partial charge in [-0.15, -0.1) is 0 Å². The van der Waals surface area contributed by atoms with Gasteiger partial charge in [-0.25, -0.2) is 4.99 Å². The van der Waals surface area contributed by atoms with E-state index in [0.29, 0.717) is 6.54 Å². The molecule has 0 bridgehead atoms. The van der Waals surface area contributed by atoms with Gasteiger partial charge in [-0.1, -0.05) is 12.2 Å². The standard InChI is InChI=1S/C16H27N3OS/c1-14(2)13-19-16(17-9-4-5-12-21-3)18-10-8-15-7-6-11-20-15/h6-7,11H,1,4-5,8-10,12-13H2,2-3H3,(H2,17,18,19). The molecule has 0 aromatic carbocycles. The molecule has 4 nitrogen and oxygen atoms in total. The molecule has 0 aliphatic rings. The fraction of sp³-hybridized carbons (Fsp3) is 0.562. The molecule has 5 heteroatoms. The van der Waals surface area contributed by atoms with Gasteiger partial charge >= 0.3 is 0 Å². The van der Waals surface area contributed by atoms with Crippen molar-refractivity contribution in [2.24, 2.45) is 4.99 Å². The van der Waals surface area contributed by atoms with Gasteiger partial charge in [0.15, 0.2) is 5.96 Å². The van der Waals surface area contributed by atoms with Gasteiger partial charge in [0.05, 0.1) is 12.8 Å². The molecule has 1 aromatic rings. The number of rotatable bonds is 10. The van der Waals surface area contributed by atoms with Crippen LogP contribution in [0.2, 0.25) is 0 Å². The van der Waals surface area contributed by atoms with Gasteiger partial charge in [0.1, 0.15) is 5.76 Å². The van der Waals surface area contributed by atoms with Crippen molar-refractivity contribution in [2.75, 3.05) is 31.6 Å². The van der Waals surface area contributed by atoms with E-state index in [1.807, 2.05) is 30.8 Å². The minimum atomic E-state index is 0.654. The SMILES string of the molecule is C=C(C)CN=C(NCCCCSC)NCCc1ccco1. The maximum absolute atomic E-state index is 5.32. The summed E-state index contributed by atoms with van der Waals surface area (Å²) in [6.07, 6.45) is 7.09. The summed E-state index contributed by atoms with van der Waals surface area (Å²) >= 11 is 1.89. The number of nitrogens with one attached hydrogen (secondary N) is 2. The molecule has 0 unspecified atom stereocenters. The predicted molar refractivity (Wildman–Crippen MR) is 93.1 cm³/mol. The van der Waals surface area contributed by atoms with Gasteiger partial charge < -0.3 is 15.1 Å². The van der Waals surface area contributed by atoms with Crippen molar-refractivity contribution in [1.29, 1.82) is 0 Å². The number of thioether (sulfide) groups is 1. The van der Waals surface area contributed by atoms with Crippen LogP contribution in [0.3, 0.4) is 0 Å². The van der Waals surface area contributed by atoms with E-state index in [2.05, 4.69) is 28.5 Å². The fourth-order valence-electron chi connectivity index (χ4n) is 1.73. The number of furan rings is 1. The maximum atomic E-state index is 5.32. The van der Waals surface area contributed by atoms with Crippen LogP contribution in [0, 0.1) is 0 Å². The number of aliphatic imine (C=N–C) groups is 1. The van der Waals surface area contributed by atoms with Gasteiger partial charge in [0.2, 0.25) is 0 Å². The number of hydrogen-bond donors (Lipinski definition) is 2. The first kappa shape index (κ1) is 17.7. The molecule has 1 heterocycles. The number of hydrogen-bond acceptors (Lipinski definition) is 3. The Morgan fingerprint density at radius 3 is 2.81 bits per heavy atom. The molecule has 21 heavy (non-hydrogen) atoms. The lowest BCUT2D eigenvalue weighted by molar-refractivity contribution is 0.506. The molecule has 0 atom stereocenters. The monoisotopic (exact) mass is 309 g/mol. The van der Waals surface area contributed by atoms with Crippen molar-refractivity contribution >= 4 is 17.7 Å². The molecule has 0 saturated carbocycles. The van der Waals surface area contributed by atoms with Crippen LogP contribution in [0.15, 0.2) is 40.0 Å². The molecule has 0 aliphatic carbocycles. The second kappa shape index (κ2) is 11.3. The zero-order chi connectivity index (χ0) is 15.3. The van der Waals surface area contributed by atoms with E-state index < -0.39 is 0 Å². The van der Waals surface area contributed by atoms with Crippen LogP contribution in [-0.4, -0.2) is 37.6 Å². The highest BCUT2D eigenvalue weighted by molar-refractivity contribution is 7.98. The van der Waals surface area contributed by atoms with Crippen LogP contribution in [0.1, 0.15) is 25.5 Å². The molecule has 1 rings (SSSR count). The highest BCUT2D eigenvalue weighted by atomic mass is 32.2. The lowest BCUT2D eigenvalue weighted by atomic mass is 10.3. The lowest BCUT2D eigenvalue weighted by Crippen LogP contribution is -2.39. The van der Waals surface area contributed by atoms with Crippen LogP contribution in [0.25, 0.3) is 0 Å². The Bertz CT molecular complexity index is 415. The van der Waals surface area contributed by atoms with E-state index in [9.17, 15) is 0 Å². The minimum absolute atomic E-state index is 0.654. The van der Waals surface area contributed by atoms with E-state index >= 15 is 0 Å². The Balaban J connectivity index is 2.29. The molecule has 0 saturated heterocycles. The van der Waals surface area contributed by atoms with Crippen molar-refractivity contribution in [3.63, 3.8) is 0 Å². The van der Waals surface area contributed by atoms with Gasteiger partial charge in [0, 0.05) is 19.5 Å². The van der Waals surface area contributed by atoms with E-state index in [1.54, 1.807) is 6.26 Å². The third-order valence-electron chi connectivity index (χ3n) is 2.82. The number of unbranched alkanes of at least 4 members (excludes halogenated alkanes) is 1. The third kappa shape index (κ3) is 9.24. The molecule has 2 N–H and O–H groups in total. The van der Waals surface area contributed by atoms with Crippen molar-refractivity contribution in [3.8, 4) is 0 Å². The molecular formula is C16H27N3OS. The van der Waals surface area contributed by atoms with Crippen LogP contribution in [0.4, 0.5) is 0 Å². The third-order valence-corrected chi connectivity index (χ3v) is 3.52. The van der Waals surface area contributed by atoms with Crippen LogP contribution < -0.4 is 10.6 Å². The Morgan fingerprint density at radius 2 is 2.14 bits per heavy atom. The zero-order valence-electron chi connectivity index (χ0n) is 13.2. The second-order valence-electron chi connectivity index (χ2n) is 5.00. The van der Waals surface area contributed by atoms with Gasteiger partial charge in [-0.3, -0.25) is 0 Å². The normalized spacial score (nSPS) is 11.4. The molecule has 0 aliphatic heterocycles. The predicted octanol–water partition coefficient (Wildman–Crippen LogP) is 3.08. The molecule has 1 aromatic heterocycles. The molecule has 118 valence electrons. The van der Waals surface area contributed by atoms with Crippen molar-refractivity contribution in [3.05, 3.63) is 36.3 Å². The first-order valence-corrected chi connectivity index (χ1v) is 8.79.